The summed E-state index contributed by atoms with van der Waals surface area (Å²) in [4.78, 5) is 92.0. The minimum Gasteiger partial charge on any atom is -0.479 e. The van der Waals surface area contributed by atoms with Crippen LogP contribution in [-0.4, -0.2) is 89.3 Å². The summed E-state index contributed by atoms with van der Waals surface area (Å²) < 4.78 is 5.23. The molecule has 2 fully saturated rings. The minimum atomic E-state index is -1.36. The quantitative estimate of drug-likeness (QED) is 0.182. The van der Waals surface area contributed by atoms with Crippen molar-refractivity contribution in [3.8, 4) is 0 Å². The van der Waals surface area contributed by atoms with Gasteiger partial charge in [0.25, 0.3) is 5.91 Å². The van der Waals surface area contributed by atoms with Crippen LogP contribution < -0.4 is 21.3 Å². The summed E-state index contributed by atoms with van der Waals surface area (Å²) in [5.41, 5.74) is 0.0271. The van der Waals surface area contributed by atoms with Gasteiger partial charge in [-0.2, -0.15) is 0 Å². The molecule has 2 aliphatic heterocycles. The predicted octanol–water partition coefficient (Wildman–Crippen LogP) is 1.75. The second-order valence-electron chi connectivity index (χ2n) is 13.2. The van der Waals surface area contributed by atoms with Crippen molar-refractivity contribution in [3.05, 3.63) is 48.0 Å². The number of alkyl carbamates (subject to hydrolysis) is 1. The molecule has 48 heavy (non-hydrogen) atoms. The van der Waals surface area contributed by atoms with E-state index in [1.165, 1.54) is 17.0 Å². The van der Waals surface area contributed by atoms with Crippen LogP contribution in [-0.2, 0) is 33.5 Å². The third kappa shape index (κ3) is 9.88. The van der Waals surface area contributed by atoms with Gasteiger partial charge >= 0.3 is 12.1 Å². The second kappa shape index (κ2) is 16.4. The molecule has 1 spiro atoms. The van der Waals surface area contributed by atoms with Gasteiger partial charge in [-0.3, -0.25) is 24.0 Å². The number of nitrogens with zero attached hydrogens (tertiary/aromatic N) is 1. The van der Waals surface area contributed by atoms with Gasteiger partial charge in [0.15, 0.2) is 6.04 Å². The maximum Gasteiger partial charge on any atom is 0.407 e. The third-order valence-corrected chi connectivity index (χ3v) is 8.86. The molecule has 4 atom stereocenters. The maximum atomic E-state index is 13.7. The van der Waals surface area contributed by atoms with E-state index >= 15 is 0 Å². The topological polar surface area (TPSA) is 200 Å². The predicted molar refractivity (Wildman–Crippen MR) is 172 cm³/mol. The Morgan fingerprint density at radius 1 is 1.06 bits per heavy atom. The summed E-state index contributed by atoms with van der Waals surface area (Å²) >= 11 is 0. The zero-order valence-electron chi connectivity index (χ0n) is 27.4. The van der Waals surface area contributed by atoms with E-state index in [1.54, 1.807) is 18.2 Å². The van der Waals surface area contributed by atoms with Crippen LogP contribution in [0.4, 0.5) is 4.79 Å². The van der Waals surface area contributed by atoms with Crippen LogP contribution in [0, 0.1) is 11.3 Å². The number of benzene rings is 1. The molecule has 5 amide bonds. The van der Waals surface area contributed by atoms with E-state index in [9.17, 15) is 38.7 Å². The van der Waals surface area contributed by atoms with E-state index in [4.69, 9.17) is 4.74 Å². The highest BCUT2D eigenvalue weighted by Crippen LogP contribution is 2.53. The van der Waals surface area contributed by atoms with E-state index in [0.717, 1.165) is 12.8 Å². The molecular weight excluding hydrogens is 622 g/mol. The number of ether oxygens (including phenoxy) is 1. The number of ketones is 1. The van der Waals surface area contributed by atoms with Crippen LogP contribution in [0.5, 0.6) is 0 Å². The fraction of sp³-hybridized carbons (Fsp3) is 0.559. The van der Waals surface area contributed by atoms with Gasteiger partial charge in [0, 0.05) is 6.54 Å². The average molecular weight is 668 g/mol. The number of carbonyl (C=O) groups is 7. The molecule has 1 unspecified atom stereocenters. The summed E-state index contributed by atoms with van der Waals surface area (Å²) in [6, 6.07) is 3.64. The van der Waals surface area contributed by atoms with Crippen LogP contribution in [0.2, 0.25) is 0 Å². The molecule has 2 heterocycles. The minimum absolute atomic E-state index is 0.110. The van der Waals surface area contributed by atoms with E-state index < -0.39 is 72.2 Å². The monoisotopic (exact) mass is 667 g/mol. The Morgan fingerprint density at radius 2 is 1.79 bits per heavy atom. The number of carbonyl (C=O) groups excluding carboxylic acids is 6. The van der Waals surface area contributed by atoms with Crippen molar-refractivity contribution in [1.82, 2.24) is 26.2 Å². The number of Topliss-reactive ketones (excluding diaryl/α,β-unsaturated/α-hetero) is 1. The maximum absolute atomic E-state index is 13.7. The summed E-state index contributed by atoms with van der Waals surface area (Å²) in [6.45, 7) is 3.60. The lowest BCUT2D eigenvalue weighted by molar-refractivity contribution is -0.143. The number of rotatable bonds is 10. The second-order valence-corrected chi connectivity index (χ2v) is 13.2. The normalized spacial score (nSPS) is 23.6. The fourth-order valence-electron chi connectivity index (χ4n) is 6.03. The van der Waals surface area contributed by atoms with Gasteiger partial charge in [0.1, 0.15) is 12.1 Å². The number of nitrogens with one attached hydrogen (secondary N) is 4. The number of carboxylic acids is 1. The zero-order valence-corrected chi connectivity index (χ0v) is 27.4. The van der Waals surface area contributed by atoms with Crippen LogP contribution in [0.1, 0.15) is 76.8 Å². The Balaban J connectivity index is 1.45. The van der Waals surface area contributed by atoms with Gasteiger partial charge in [-0.05, 0) is 68.3 Å². The van der Waals surface area contributed by atoms with Crippen molar-refractivity contribution in [2.24, 2.45) is 11.3 Å². The van der Waals surface area contributed by atoms with Crippen molar-refractivity contribution in [3.63, 3.8) is 0 Å². The highest BCUT2D eigenvalue weighted by molar-refractivity contribution is 6.38. The lowest BCUT2D eigenvalue weighted by Crippen LogP contribution is -2.57. The first-order valence-electron chi connectivity index (χ1n) is 16.5. The molecule has 14 heteroatoms. The van der Waals surface area contributed by atoms with E-state index in [-0.39, 0.29) is 30.9 Å². The number of carboxylic acid groups (broad SMARTS) is 1. The lowest BCUT2D eigenvalue weighted by Gasteiger charge is -2.30. The van der Waals surface area contributed by atoms with Gasteiger partial charge in [0.05, 0.1) is 19.2 Å². The number of allylic oxidation sites excluding steroid dienone is 2. The highest BCUT2D eigenvalue weighted by atomic mass is 16.5. The number of fused-ring (bicyclic) bond motifs is 1. The van der Waals surface area contributed by atoms with E-state index in [0.29, 0.717) is 37.7 Å². The summed E-state index contributed by atoms with van der Waals surface area (Å²) in [5, 5.41) is 19.6. The van der Waals surface area contributed by atoms with Crippen molar-refractivity contribution < 1.29 is 43.4 Å². The number of amides is 5. The summed E-state index contributed by atoms with van der Waals surface area (Å²) in [7, 11) is 0. The Kier molecular flexibility index (Phi) is 12.3. The Labute approximate surface area is 279 Å². The van der Waals surface area contributed by atoms with Crippen molar-refractivity contribution in [2.75, 3.05) is 19.7 Å². The first-order chi connectivity index (χ1) is 22.9. The van der Waals surface area contributed by atoms with Crippen LogP contribution >= 0.6 is 0 Å². The molecular formula is C34H45N5O9. The van der Waals surface area contributed by atoms with Gasteiger partial charge in [-0.1, -0.05) is 56.3 Å². The molecule has 4 rings (SSSR count). The van der Waals surface area contributed by atoms with Crippen molar-refractivity contribution in [2.45, 2.75) is 89.4 Å². The van der Waals surface area contributed by atoms with Crippen LogP contribution in [0.15, 0.2) is 42.5 Å². The molecule has 1 aromatic carbocycles. The molecule has 1 saturated heterocycles. The van der Waals surface area contributed by atoms with Crippen LogP contribution in [0.3, 0.4) is 0 Å². The van der Waals surface area contributed by atoms with Gasteiger partial charge in [-0.25, -0.2) is 9.59 Å². The standard InChI is InChI=1S/C34H45N5O9/c1-21(2)20-48-33(47)37-23-12-7-4-8-14-34(15-16-34)18-24(36-29(42)25-13-9-17-39(25)31(23)44)28(41)30(43)35-19-26(40)38-27(32(45)46)22-10-5-3-6-11-22/h3-6,8,10-11,21,23-25,27H,7,9,12-20H2,1-2H3,(H,35,43)(H,36,42)(H,37,47)(H,38,40)(H,45,46)/b8-4+/t23-,24?,25-,27-/m0/s1. The molecule has 0 aromatic heterocycles. The zero-order chi connectivity index (χ0) is 34.8. The van der Waals surface area contributed by atoms with Gasteiger partial charge in [-0.15, -0.1) is 0 Å². The molecule has 14 nitrogen and oxygen atoms in total. The van der Waals surface area contributed by atoms with E-state index in [2.05, 4.69) is 21.3 Å². The SMILES string of the molecule is CC(C)COC(=O)N[C@H]1CC/C=C/CC2(CC2)CC(C(=O)C(=O)NCC(=O)N[C@H](C(=O)O)c2ccccc2)NC(=O)[C@@H]2CCCN2C1=O. The molecule has 260 valence electrons. The van der Waals surface area contributed by atoms with Crippen molar-refractivity contribution >= 4 is 41.5 Å². The van der Waals surface area contributed by atoms with Crippen molar-refractivity contribution in [1.29, 1.82) is 0 Å². The van der Waals surface area contributed by atoms with Gasteiger partial charge in [0.2, 0.25) is 23.5 Å². The Morgan fingerprint density at radius 3 is 2.46 bits per heavy atom. The Bertz CT molecular complexity index is 1410. The third-order valence-electron chi connectivity index (χ3n) is 8.86. The molecule has 0 radical (unpaired) electrons. The molecule has 5 N–H and O–H groups in total. The molecule has 0 bridgehead atoms. The molecule has 1 aliphatic carbocycles. The molecule has 1 saturated carbocycles. The van der Waals surface area contributed by atoms with Gasteiger partial charge < -0.3 is 36.0 Å². The highest BCUT2D eigenvalue weighted by Gasteiger charge is 2.47. The fourth-order valence-corrected chi connectivity index (χ4v) is 6.03. The first-order valence-corrected chi connectivity index (χ1v) is 16.5. The summed E-state index contributed by atoms with van der Waals surface area (Å²) in [5.74, 6) is -5.06. The number of hydrogen-bond donors (Lipinski definition) is 5. The van der Waals surface area contributed by atoms with Crippen LogP contribution in [0.25, 0.3) is 0 Å². The van der Waals surface area contributed by atoms with E-state index in [1.807, 2.05) is 26.0 Å². The number of hydrogen-bond acceptors (Lipinski definition) is 8. The largest absolute Gasteiger partial charge is 0.479 e. The molecule has 1 aromatic rings. The molecule has 3 aliphatic rings. The summed E-state index contributed by atoms with van der Waals surface area (Å²) in [6.07, 6.45) is 7.21. The smallest absolute Gasteiger partial charge is 0.407 e. The first kappa shape index (κ1) is 36.1. The number of aliphatic carboxylic acids is 1. The average Bonchev–Trinajstić information content (AvgIpc) is 3.63. The lowest BCUT2D eigenvalue weighted by atomic mass is 9.90. The Hall–Kier alpha value is -4.75.